The van der Waals surface area contributed by atoms with Crippen LogP contribution in [0.15, 0.2) is 24.3 Å². The minimum absolute atomic E-state index is 0.0338. The van der Waals surface area contributed by atoms with Crippen molar-refractivity contribution < 1.29 is 14.3 Å². The van der Waals surface area contributed by atoms with Gasteiger partial charge in [-0.2, -0.15) is 0 Å². The van der Waals surface area contributed by atoms with Gasteiger partial charge in [0.05, 0.1) is 7.11 Å². The predicted octanol–water partition coefficient (Wildman–Crippen LogP) is 4.26. The minimum Gasteiger partial charge on any atom is -0.497 e. The highest BCUT2D eigenvalue weighted by molar-refractivity contribution is 5.98. The predicted molar refractivity (Wildman–Crippen MR) is 118 cm³/mol. The summed E-state index contributed by atoms with van der Waals surface area (Å²) in [6, 6.07) is 8.04. The number of amides is 2. The molecule has 2 amide bonds. The van der Waals surface area contributed by atoms with Crippen LogP contribution in [-0.4, -0.2) is 47.9 Å². The Labute approximate surface area is 178 Å². The van der Waals surface area contributed by atoms with E-state index in [-0.39, 0.29) is 11.8 Å². The van der Waals surface area contributed by atoms with Crippen LogP contribution in [0, 0.1) is 5.92 Å². The Bertz CT molecular complexity index is 875. The van der Waals surface area contributed by atoms with Crippen molar-refractivity contribution in [3.8, 4) is 5.75 Å². The summed E-state index contributed by atoms with van der Waals surface area (Å²) >= 11 is 0. The van der Waals surface area contributed by atoms with Gasteiger partial charge < -0.3 is 19.9 Å². The number of aromatic nitrogens is 1. The molecule has 0 unspecified atom stereocenters. The summed E-state index contributed by atoms with van der Waals surface area (Å²) in [7, 11) is 1.64. The summed E-state index contributed by atoms with van der Waals surface area (Å²) in [4.78, 5) is 30.5. The zero-order valence-electron chi connectivity index (χ0n) is 17.9. The Balaban J connectivity index is 1.27. The van der Waals surface area contributed by atoms with Crippen molar-refractivity contribution >= 4 is 22.7 Å². The Kier molecular flexibility index (Phi) is 6.60. The van der Waals surface area contributed by atoms with Gasteiger partial charge in [0.25, 0.3) is 5.91 Å². The zero-order chi connectivity index (χ0) is 20.9. The van der Waals surface area contributed by atoms with Gasteiger partial charge in [-0.05, 0) is 49.8 Å². The lowest BCUT2D eigenvalue weighted by atomic mass is 9.92. The van der Waals surface area contributed by atoms with E-state index in [2.05, 4.69) is 10.3 Å². The second-order valence-electron chi connectivity index (χ2n) is 8.83. The third-order valence-electron chi connectivity index (χ3n) is 6.66. The lowest BCUT2D eigenvalue weighted by Crippen LogP contribution is -2.41. The van der Waals surface area contributed by atoms with E-state index in [9.17, 15) is 9.59 Å². The molecule has 162 valence electrons. The number of H-pyrrole nitrogens is 1. The maximum absolute atomic E-state index is 12.9. The van der Waals surface area contributed by atoms with Gasteiger partial charge >= 0.3 is 0 Å². The molecule has 1 aliphatic heterocycles. The molecule has 0 spiro atoms. The molecular weight excluding hydrogens is 378 g/mol. The van der Waals surface area contributed by atoms with Crippen LogP contribution in [-0.2, 0) is 4.79 Å². The van der Waals surface area contributed by atoms with Crippen LogP contribution >= 0.6 is 0 Å². The molecule has 1 aliphatic carbocycles. The van der Waals surface area contributed by atoms with Gasteiger partial charge in [-0.15, -0.1) is 0 Å². The molecule has 1 saturated heterocycles. The maximum atomic E-state index is 12.9. The molecule has 4 rings (SSSR count). The Hall–Kier alpha value is -2.50. The number of piperidine rings is 1. The van der Waals surface area contributed by atoms with Crippen molar-refractivity contribution in [2.75, 3.05) is 20.2 Å². The van der Waals surface area contributed by atoms with Crippen LogP contribution in [0.25, 0.3) is 10.9 Å². The average molecular weight is 412 g/mol. The first-order chi connectivity index (χ1) is 14.6. The molecule has 1 saturated carbocycles. The van der Waals surface area contributed by atoms with Crippen molar-refractivity contribution in [2.45, 2.75) is 63.8 Å². The Morgan fingerprint density at radius 2 is 1.80 bits per heavy atom. The molecule has 2 fully saturated rings. The fraction of sp³-hybridized carbons (Fsp3) is 0.583. The molecule has 6 nitrogen and oxygen atoms in total. The normalized spacial score (nSPS) is 18.9. The Morgan fingerprint density at radius 1 is 1.07 bits per heavy atom. The fourth-order valence-corrected chi connectivity index (χ4v) is 4.83. The van der Waals surface area contributed by atoms with E-state index in [4.69, 9.17) is 4.74 Å². The molecule has 1 aromatic carbocycles. The van der Waals surface area contributed by atoms with Crippen LogP contribution < -0.4 is 10.1 Å². The number of rotatable bonds is 5. The Morgan fingerprint density at radius 3 is 2.50 bits per heavy atom. The van der Waals surface area contributed by atoms with Crippen LogP contribution in [0.3, 0.4) is 0 Å². The van der Waals surface area contributed by atoms with Crippen LogP contribution in [0.1, 0.15) is 68.3 Å². The number of nitrogens with one attached hydrogen (secondary N) is 2. The molecule has 2 N–H and O–H groups in total. The molecule has 0 atom stereocenters. The van der Waals surface area contributed by atoms with E-state index in [1.54, 1.807) is 7.11 Å². The quantitative estimate of drug-likeness (QED) is 0.722. The number of hydrogen-bond donors (Lipinski definition) is 2. The van der Waals surface area contributed by atoms with Crippen molar-refractivity contribution in [1.82, 2.24) is 15.2 Å². The number of carbonyl (C=O) groups is 2. The van der Waals surface area contributed by atoms with Gasteiger partial charge in [-0.3, -0.25) is 9.59 Å². The van der Waals surface area contributed by atoms with Gasteiger partial charge in [-0.25, -0.2) is 0 Å². The van der Waals surface area contributed by atoms with Crippen LogP contribution in [0.2, 0.25) is 0 Å². The van der Waals surface area contributed by atoms with E-state index in [1.165, 1.54) is 25.7 Å². The first-order valence-corrected chi connectivity index (χ1v) is 11.4. The number of nitrogens with zero attached hydrogens (tertiary/aromatic N) is 1. The molecule has 1 aromatic heterocycles. The van der Waals surface area contributed by atoms with E-state index in [1.807, 2.05) is 29.2 Å². The zero-order valence-corrected chi connectivity index (χ0v) is 17.9. The summed E-state index contributed by atoms with van der Waals surface area (Å²) in [5, 5.41) is 4.26. The minimum atomic E-state index is 0.0338. The second kappa shape index (κ2) is 9.54. The molecule has 2 aromatic rings. The second-order valence-corrected chi connectivity index (χ2v) is 8.83. The lowest BCUT2D eigenvalue weighted by Gasteiger charge is -2.31. The monoisotopic (exact) mass is 411 g/mol. The fourth-order valence-electron chi connectivity index (χ4n) is 4.83. The number of carbonyl (C=O) groups excluding carboxylic acids is 2. The van der Waals surface area contributed by atoms with Crippen LogP contribution in [0.4, 0.5) is 0 Å². The van der Waals surface area contributed by atoms with Crippen molar-refractivity contribution in [2.24, 2.45) is 5.92 Å². The number of likely N-dealkylation sites (tertiary alicyclic amines) is 1. The standard InChI is InChI=1S/C24H33N3O3/c1-30-20-9-8-18-15-22(26-21(18)16-20)24(29)27-12-10-17(11-13-27)14-23(28)25-19-6-4-2-3-5-7-19/h8-9,15-17,19,26H,2-7,10-14H2,1H3,(H,25,28). The number of methoxy groups -OCH3 is 1. The molecular formula is C24H33N3O3. The number of ether oxygens (including phenoxy) is 1. The molecule has 2 heterocycles. The molecule has 2 aliphatic rings. The topological polar surface area (TPSA) is 74.4 Å². The highest BCUT2D eigenvalue weighted by Crippen LogP contribution is 2.25. The van der Waals surface area contributed by atoms with E-state index in [0.717, 1.165) is 42.3 Å². The third kappa shape index (κ3) is 4.97. The summed E-state index contributed by atoms with van der Waals surface area (Å²) in [6.45, 7) is 1.41. The largest absolute Gasteiger partial charge is 0.497 e. The average Bonchev–Trinajstić information content (AvgIpc) is 3.02. The lowest BCUT2D eigenvalue weighted by molar-refractivity contribution is -0.123. The van der Waals surface area contributed by atoms with Crippen molar-refractivity contribution in [1.29, 1.82) is 0 Å². The first-order valence-electron chi connectivity index (χ1n) is 11.4. The summed E-state index contributed by atoms with van der Waals surface area (Å²) in [6.07, 6.45) is 9.65. The smallest absolute Gasteiger partial charge is 0.270 e. The molecule has 30 heavy (non-hydrogen) atoms. The van der Waals surface area contributed by atoms with Gasteiger partial charge in [0.15, 0.2) is 0 Å². The summed E-state index contributed by atoms with van der Waals surface area (Å²) in [5.41, 5.74) is 1.52. The molecule has 0 radical (unpaired) electrons. The van der Waals surface area contributed by atoms with E-state index >= 15 is 0 Å². The van der Waals surface area contributed by atoms with E-state index < -0.39 is 0 Å². The first kappa shape index (κ1) is 20.8. The number of hydrogen-bond acceptors (Lipinski definition) is 3. The number of aromatic amines is 1. The highest BCUT2D eigenvalue weighted by atomic mass is 16.5. The van der Waals surface area contributed by atoms with Crippen molar-refractivity contribution in [3.63, 3.8) is 0 Å². The van der Waals surface area contributed by atoms with Gasteiger partial charge in [-0.1, -0.05) is 25.7 Å². The van der Waals surface area contributed by atoms with Gasteiger partial charge in [0.1, 0.15) is 11.4 Å². The summed E-state index contributed by atoms with van der Waals surface area (Å²) in [5.74, 6) is 1.36. The van der Waals surface area contributed by atoms with Crippen molar-refractivity contribution in [3.05, 3.63) is 30.0 Å². The van der Waals surface area contributed by atoms with Gasteiger partial charge in [0.2, 0.25) is 5.91 Å². The number of benzene rings is 1. The van der Waals surface area contributed by atoms with Gasteiger partial charge in [0, 0.05) is 42.5 Å². The summed E-state index contributed by atoms with van der Waals surface area (Å²) < 4.78 is 5.26. The van der Waals surface area contributed by atoms with Crippen LogP contribution in [0.5, 0.6) is 5.75 Å². The SMILES string of the molecule is COc1ccc2cc(C(=O)N3CCC(CC(=O)NC4CCCCCC4)CC3)[nH]c2c1. The van der Waals surface area contributed by atoms with E-state index in [0.29, 0.717) is 37.2 Å². The third-order valence-corrected chi connectivity index (χ3v) is 6.66. The molecule has 6 heteroatoms. The highest BCUT2D eigenvalue weighted by Gasteiger charge is 2.26. The number of fused-ring (bicyclic) bond motifs is 1. The molecule has 0 bridgehead atoms. The maximum Gasteiger partial charge on any atom is 0.270 e.